The van der Waals surface area contributed by atoms with Crippen molar-refractivity contribution in [3.63, 3.8) is 0 Å². The molecule has 28 heavy (non-hydrogen) atoms. The van der Waals surface area contributed by atoms with Crippen LogP contribution in [0.3, 0.4) is 0 Å². The molecule has 0 fully saturated rings. The van der Waals surface area contributed by atoms with Gasteiger partial charge in [0.2, 0.25) is 11.8 Å². The maximum Gasteiger partial charge on any atom is 0.219 e. The molecule has 1 aliphatic heterocycles. The number of ether oxygens (including phenoxy) is 2. The molecular weight excluding hydrogens is 356 g/mol. The number of nitrogens with two attached hydrogens (primary N) is 1. The Kier molecular flexibility index (Phi) is 3.86. The highest BCUT2D eigenvalue weighted by atomic mass is 16.5. The topological polar surface area (TPSA) is 96.3 Å². The van der Waals surface area contributed by atoms with Crippen LogP contribution in [0.4, 0.5) is 5.95 Å². The third-order valence-electron chi connectivity index (χ3n) is 4.93. The lowest BCUT2D eigenvalue weighted by molar-refractivity contribution is 0.243. The zero-order valence-electron chi connectivity index (χ0n) is 15.3. The summed E-state index contributed by atoms with van der Waals surface area (Å²) >= 11 is 0. The van der Waals surface area contributed by atoms with Crippen molar-refractivity contribution in [3.05, 3.63) is 60.2 Å². The van der Waals surface area contributed by atoms with Crippen LogP contribution in [0.5, 0.6) is 11.5 Å². The van der Waals surface area contributed by atoms with Gasteiger partial charge in [0.15, 0.2) is 5.58 Å². The van der Waals surface area contributed by atoms with E-state index in [9.17, 15) is 0 Å². The highest BCUT2D eigenvalue weighted by Crippen LogP contribution is 2.35. The molecule has 5 rings (SSSR count). The Morgan fingerprint density at radius 1 is 1.07 bits per heavy atom. The minimum absolute atomic E-state index is 0.0512. The van der Waals surface area contributed by atoms with Crippen LogP contribution in [0, 0.1) is 0 Å². The largest absolute Gasteiger partial charge is 0.497 e. The molecule has 0 spiro atoms. The quantitative estimate of drug-likeness (QED) is 0.585. The van der Waals surface area contributed by atoms with E-state index in [1.165, 1.54) is 0 Å². The predicted molar refractivity (Wildman–Crippen MR) is 104 cm³/mol. The van der Waals surface area contributed by atoms with Crippen LogP contribution in [0.1, 0.15) is 17.4 Å². The molecule has 0 saturated heterocycles. The summed E-state index contributed by atoms with van der Waals surface area (Å²) in [6.07, 6.45) is 4.18. The van der Waals surface area contributed by atoms with Gasteiger partial charge in [0.25, 0.3) is 0 Å². The number of methoxy groups -OCH3 is 1. The van der Waals surface area contributed by atoms with Crippen LogP contribution in [-0.2, 0) is 6.42 Å². The van der Waals surface area contributed by atoms with Crippen molar-refractivity contribution in [2.24, 2.45) is 0 Å². The Balaban J connectivity index is 1.46. The highest BCUT2D eigenvalue weighted by Gasteiger charge is 2.26. The van der Waals surface area contributed by atoms with Gasteiger partial charge in [-0.3, -0.25) is 0 Å². The molecule has 2 aromatic carbocycles. The molecule has 0 radical (unpaired) electrons. The molecule has 1 aliphatic rings. The fourth-order valence-corrected chi connectivity index (χ4v) is 3.44. The second-order valence-corrected chi connectivity index (χ2v) is 6.75. The van der Waals surface area contributed by atoms with Crippen LogP contribution in [-0.4, -0.2) is 28.7 Å². The van der Waals surface area contributed by atoms with Gasteiger partial charge in [-0.2, -0.15) is 0 Å². The summed E-state index contributed by atoms with van der Waals surface area (Å²) in [5.41, 5.74) is 10.0. The Morgan fingerprint density at radius 2 is 1.93 bits per heavy atom. The summed E-state index contributed by atoms with van der Waals surface area (Å²) in [7, 11) is 1.66. The Morgan fingerprint density at radius 3 is 2.75 bits per heavy atom. The van der Waals surface area contributed by atoms with E-state index in [1.54, 1.807) is 19.5 Å². The van der Waals surface area contributed by atoms with Gasteiger partial charge >= 0.3 is 0 Å². The number of aromatic nitrogens is 3. The monoisotopic (exact) mass is 374 g/mol. The van der Waals surface area contributed by atoms with E-state index in [2.05, 4.69) is 15.0 Å². The maximum atomic E-state index is 6.08. The zero-order valence-corrected chi connectivity index (χ0v) is 15.3. The number of rotatable bonds is 3. The first kappa shape index (κ1) is 16.6. The Hall–Kier alpha value is -3.61. The van der Waals surface area contributed by atoms with Gasteiger partial charge in [0.1, 0.15) is 23.6 Å². The van der Waals surface area contributed by atoms with Crippen molar-refractivity contribution in [3.8, 4) is 22.6 Å². The summed E-state index contributed by atoms with van der Waals surface area (Å²) in [5.74, 6) is 2.68. The van der Waals surface area contributed by atoms with Gasteiger partial charge in [0, 0.05) is 18.0 Å². The Bertz CT molecular complexity index is 1150. The lowest BCUT2D eigenvalue weighted by atomic mass is 9.96. The number of hydrogen-bond acceptors (Lipinski definition) is 7. The van der Waals surface area contributed by atoms with E-state index in [0.717, 1.165) is 45.7 Å². The normalized spacial score (nSPS) is 15.8. The first-order chi connectivity index (χ1) is 13.7. The van der Waals surface area contributed by atoms with Crippen LogP contribution in [0.15, 0.2) is 53.2 Å². The number of nitrogens with zero attached hydrogens (tertiary/aromatic N) is 3. The minimum Gasteiger partial charge on any atom is -0.497 e. The molecule has 0 amide bonds. The number of hydrogen-bond donors (Lipinski definition) is 1. The fourth-order valence-electron chi connectivity index (χ4n) is 3.44. The summed E-state index contributed by atoms with van der Waals surface area (Å²) in [6.45, 7) is 0.533. The lowest BCUT2D eigenvalue weighted by Gasteiger charge is -2.23. The van der Waals surface area contributed by atoms with Crippen molar-refractivity contribution in [1.82, 2.24) is 15.0 Å². The van der Waals surface area contributed by atoms with E-state index in [4.69, 9.17) is 19.6 Å². The molecule has 7 nitrogen and oxygen atoms in total. The smallest absolute Gasteiger partial charge is 0.219 e. The third kappa shape index (κ3) is 2.90. The van der Waals surface area contributed by atoms with Crippen molar-refractivity contribution in [1.29, 1.82) is 0 Å². The van der Waals surface area contributed by atoms with Crippen molar-refractivity contribution < 1.29 is 13.9 Å². The molecule has 3 heterocycles. The number of benzene rings is 2. The number of anilines is 1. The van der Waals surface area contributed by atoms with Crippen molar-refractivity contribution >= 4 is 17.0 Å². The molecule has 0 unspecified atom stereocenters. The molecule has 2 N–H and O–H groups in total. The number of oxazole rings is 1. The van der Waals surface area contributed by atoms with Gasteiger partial charge in [0.05, 0.1) is 13.0 Å². The molecule has 4 aromatic rings. The lowest BCUT2D eigenvalue weighted by Crippen LogP contribution is -2.19. The summed E-state index contributed by atoms with van der Waals surface area (Å²) in [5, 5.41) is 0. The second kappa shape index (κ2) is 6.53. The van der Waals surface area contributed by atoms with E-state index in [0.29, 0.717) is 12.5 Å². The van der Waals surface area contributed by atoms with Crippen LogP contribution in [0.25, 0.3) is 22.2 Å². The molecule has 0 aliphatic carbocycles. The number of fused-ring (bicyclic) bond motifs is 2. The van der Waals surface area contributed by atoms with Crippen LogP contribution in [0.2, 0.25) is 0 Å². The molecule has 0 saturated carbocycles. The number of nitrogen functional groups attached to an aromatic ring is 1. The average Bonchev–Trinajstić information content (AvgIpc) is 3.17. The summed E-state index contributed by atoms with van der Waals surface area (Å²) in [6, 6.07) is 11.7. The van der Waals surface area contributed by atoms with E-state index in [-0.39, 0.29) is 11.9 Å². The molecule has 2 aromatic heterocycles. The molecule has 1 atom stereocenters. The van der Waals surface area contributed by atoms with E-state index >= 15 is 0 Å². The van der Waals surface area contributed by atoms with Crippen LogP contribution < -0.4 is 15.2 Å². The second-order valence-electron chi connectivity index (χ2n) is 6.75. The van der Waals surface area contributed by atoms with Gasteiger partial charge < -0.3 is 19.6 Å². The van der Waals surface area contributed by atoms with E-state index in [1.807, 2.05) is 36.4 Å². The molecule has 140 valence electrons. The minimum atomic E-state index is 0.0512. The highest BCUT2D eigenvalue weighted by molar-refractivity contribution is 5.80. The SMILES string of the molecule is COc1ccc2c(c1)C[C@@H](c1nc3ccc(-c4cnc(N)nc4)cc3o1)CO2. The van der Waals surface area contributed by atoms with Crippen molar-refractivity contribution in [2.75, 3.05) is 19.5 Å². The zero-order chi connectivity index (χ0) is 19.1. The third-order valence-corrected chi connectivity index (χ3v) is 4.93. The predicted octanol–water partition coefficient (Wildman–Crippen LogP) is 3.59. The maximum absolute atomic E-state index is 6.08. The van der Waals surface area contributed by atoms with Gasteiger partial charge in [-0.15, -0.1) is 0 Å². The Labute approximate surface area is 161 Å². The average molecular weight is 374 g/mol. The first-order valence-electron chi connectivity index (χ1n) is 8.98. The first-order valence-corrected chi connectivity index (χ1v) is 8.98. The summed E-state index contributed by atoms with van der Waals surface area (Å²) in [4.78, 5) is 12.8. The van der Waals surface area contributed by atoms with Gasteiger partial charge in [-0.05, 0) is 47.9 Å². The molecule has 0 bridgehead atoms. The van der Waals surface area contributed by atoms with Gasteiger partial charge in [-0.1, -0.05) is 6.07 Å². The van der Waals surface area contributed by atoms with E-state index < -0.39 is 0 Å². The standard InChI is InChI=1S/C21H18N4O3/c1-26-16-3-5-18-13(7-16)6-14(11-27-18)20-25-17-4-2-12(8-19(17)28-20)15-9-23-21(22)24-10-15/h2-5,7-10,14H,6,11H2,1H3,(H2,22,23,24)/t14-/m1/s1. The van der Waals surface area contributed by atoms with Crippen LogP contribution >= 0.6 is 0 Å². The molecule has 7 heteroatoms. The molecular formula is C21H18N4O3. The fraction of sp³-hybridized carbons (Fsp3) is 0.190. The van der Waals surface area contributed by atoms with Gasteiger partial charge in [-0.25, -0.2) is 15.0 Å². The summed E-state index contributed by atoms with van der Waals surface area (Å²) < 4.78 is 17.3. The van der Waals surface area contributed by atoms with Crippen molar-refractivity contribution in [2.45, 2.75) is 12.3 Å².